The summed E-state index contributed by atoms with van der Waals surface area (Å²) in [5.41, 5.74) is 0. The first-order valence-corrected chi connectivity index (χ1v) is 20.6. The molecule has 0 bridgehead atoms. The van der Waals surface area contributed by atoms with Gasteiger partial charge in [-0.15, -0.1) is 0 Å². The van der Waals surface area contributed by atoms with Crippen LogP contribution in [0, 0.1) is 35.4 Å². The molecule has 0 fully saturated rings. The van der Waals surface area contributed by atoms with Crippen LogP contribution in [0.2, 0.25) is 0 Å². The molecular formula is C55H112O6. The van der Waals surface area contributed by atoms with Crippen molar-refractivity contribution in [2.75, 3.05) is 0 Å². The number of carbonyl (C=O) groups excluding carboxylic acids is 6. The predicted molar refractivity (Wildman–Crippen MR) is 271 cm³/mol. The molecule has 0 saturated carbocycles. The van der Waals surface area contributed by atoms with Crippen molar-refractivity contribution in [1.82, 2.24) is 0 Å². The lowest BCUT2D eigenvalue weighted by Crippen LogP contribution is -2.09. The van der Waals surface area contributed by atoms with E-state index in [-0.39, 0.29) is 44.7 Å². The quantitative estimate of drug-likeness (QED) is 0.0711. The second kappa shape index (κ2) is 56.0. The van der Waals surface area contributed by atoms with Crippen molar-refractivity contribution in [3.05, 3.63) is 0 Å². The van der Waals surface area contributed by atoms with Gasteiger partial charge in [0.15, 0.2) is 0 Å². The van der Waals surface area contributed by atoms with E-state index in [9.17, 15) is 28.8 Å². The summed E-state index contributed by atoms with van der Waals surface area (Å²) in [6.07, 6.45) is -29.8. The Morgan fingerprint density at radius 1 is 0.311 bits per heavy atom. The fourth-order valence-corrected chi connectivity index (χ4v) is 4.22. The lowest BCUT2D eigenvalue weighted by molar-refractivity contribution is -0.122. The summed E-state index contributed by atoms with van der Waals surface area (Å²) in [7, 11) is 0. The van der Waals surface area contributed by atoms with Crippen LogP contribution in [0.15, 0.2) is 0 Å². The molecule has 61 heavy (non-hydrogen) atoms. The molecular weight excluding hydrogens is 757 g/mol. The van der Waals surface area contributed by atoms with Gasteiger partial charge in [0, 0.05) is 79.3 Å². The molecule has 0 aromatic carbocycles. The minimum atomic E-state index is -2.77. The molecule has 0 aliphatic heterocycles. The van der Waals surface area contributed by atoms with Gasteiger partial charge < -0.3 is 0 Å². The van der Waals surface area contributed by atoms with E-state index < -0.39 is 161 Å². The molecule has 0 N–H and O–H groups in total. The van der Waals surface area contributed by atoms with Crippen molar-refractivity contribution in [1.29, 1.82) is 0 Å². The van der Waals surface area contributed by atoms with Crippen molar-refractivity contribution >= 4 is 34.7 Å². The van der Waals surface area contributed by atoms with Crippen LogP contribution < -0.4 is 0 Å². The zero-order chi connectivity index (χ0) is 76.7. The normalized spacial score (nSPS) is 26.0. The van der Waals surface area contributed by atoms with Gasteiger partial charge in [-0.3, -0.25) is 28.8 Å². The highest BCUT2D eigenvalue weighted by Crippen LogP contribution is 2.17. The van der Waals surface area contributed by atoms with Crippen LogP contribution in [-0.4, -0.2) is 34.7 Å². The first kappa shape index (κ1) is 28.1. The molecule has 368 valence electrons. The van der Waals surface area contributed by atoms with E-state index >= 15 is 0 Å². The Labute approximate surface area is 428 Å². The summed E-state index contributed by atoms with van der Waals surface area (Å²) < 4.78 is 241. The topological polar surface area (TPSA) is 102 Å². The summed E-state index contributed by atoms with van der Waals surface area (Å²) in [5, 5.41) is 0. The van der Waals surface area contributed by atoms with Crippen LogP contribution in [0.1, 0.15) is 329 Å². The number of Topliss-reactive ketones (excluding diaryl/α,β-unsaturated/α-hetero) is 6. The summed E-state index contributed by atoms with van der Waals surface area (Å²) in [5.74, 6) is -14.1. The third-order valence-corrected chi connectivity index (χ3v) is 7.17. The zero-order valence-electron chi connectivity index (χ0n) is 72.7. The van der Waals surface area contributed by atoms with Crippen LogP contribution >= 0.6 is 0 Å². The number of ketones is 6. The summed E-state index contributed by atoms with van der Waals surface area (Å²) in [6, 6.07) is 0. The number of hydrogen-bond acceptors (Lipinski definition) is 6. The summed E-state index contributed by atoms with van der Waals surface area (Å²) >= 11 is 0. The van der Waals surface area contributed by atoms with Crippen LogP contribution in [0.3, 0.4) is 0 Å². The largest absolute Gasteiger partial charge is 0.300 e. The molecule has 0 amide bonds. The van der Waals surface area contributed by atoms with Gasteiger partial charge in [0.2, 0.25) is 0 Å². The fraction of sp³-hybridized carbons (Fsp3) is 0.891. The SMILES string of the molecule is C.[2H]C([2H])(C)CC(C(C)=O)C([2H])([2H])C([2H])([2H])C.[2H]C([2H])(C)CC(C(C)=O)C([2H])([2H])C([2H])([2H])C.[2H]C([2H])(C)CC([2H])(C(C)=O)C([2H])([2H])C([2H])([2H])C.[2H]C([2H])(C)CC([2H])(C(C)=O)C([2H])([2H])C([2H])([2H])C.[2H]C([2H])(CC)C([2H])(CCC)C(C)=O.[2H]C([2H])(CC)C([2H])(CCC)C(C)=O. The van der Waals surface area contributed by atoms with E-state index in [4.69, 9.17) is 43.9 Å². The molecule has 0 spiro atoms. The average molecular weight is 902 g/mol. The van der Waals surface area contributed by atoms with E-state index in [2.05, 4.69) is 0 Å². The van der Waals surface area contributed by atoms with Crippen molar-refractivity contribution in [3.8, 4) is 0 Å². The lowest BCUT2D eigenvalue weighted by atomic mass is 9.95. The van der Waals surface area contributed by atoms with Crippen LogP contribution in [0.5, 0.6) is 0 Å². The highest BCUT2D eigenvalue weighted by molar-refractivity contribution is 5.80. The molecule has 0 aromatic heterocycles. The highest BCUT2D eigenvalue weighted by Gasteiger charge is 2.14. The molecule has 0 rings (SSSR count). The van der Waals surface area contributed by atoms with Crippen LogP contribution in [-0.2, 0) is 28.8 Å². The maximum atomic E-state index is 11.5. The van der Waals surface area contributed by atoms with Crippen molar-refractivity contribution < 1.29 is 72.6 Å². The molecule has 0 saturated heterocycles. The Kier molecular flexibility index (Phi) is 25.9. The summed E-state index contributed by atoms with van der Waals surface area (Å²) in [4.78, 5) is 68.1. The number of rotatable bonds is 30. The predicted octanol–water partition coefficient (Wildman–Crippen LogP) is 17.4. The smallest absolute Gasteiger partial charge is 0.132 e. The fourth-order valence-electron chi connectivity index (χ4n) is 4.22. The lowest BCUT2D eigenvalue weighted by Gasteiger charge is -2.09. The van der Waals surface area contributed by atoms with Gasteiger partial charge in [-0.2, -0.15) is 0 Å². The Morgan fingerprint density at radius 2 is 0.541 bits per heavy atom. The second-order valence-electron chi connectivity index (χ2n) is 12.7. The first-order valence-electron chi connectivity index (χ1n) is 36.6. The van der Waals surface area contributed by atoms with E-state index in [1.54, 1.807) is 13.8 Å². The Hall–Kier alpha value is -1.98. The maximum Gasteiger partial charge on any atom is 0.132 e. The molecule has 0 radical (unpaired) electrons. The van der Waals surface area contributed by atoms with E-state index in [0.717, 1.165) is 55.4 Å². The summed E-state index contributed by atoms with van der Waals surface area (Å²) in [6.45, 7) is 22.8. The minimum absolute atomic E-state index is 0. The third kappa shape index (κ3) is 54.1. The van der Waals surface area contributed by atoms with Gasteiger partial charge in [-0.1, -0.05) is 167 Å². The van der Waals surface area contributed by atoms with Gasteiger partial charge >= 0.3 is 0 Å². The number of carbonyl (C=O) groups is 6. The standard InChI is InChI=1S/6C9H18O.CH4/c6*1-4-6-9(7-5-2)8(3)10;/h6*9H,4-7H2,1-3H3;1H4/i2*4D2,5D2,6D2,9D;2*4D2,5D2,6D2;2*6D2,9D;. The van der Waals surface area contributed by atoms with Gasteiger partial charge in [0.1, 0.15) is 34.7 Å². The van der Waals surface area contributed by atoms with Gasteiger partial charge in [-0.05, 0) is 118 Å². The van der Waals surface area contributed by atoms with E-state index in [0.29, 0.717) is 25.7 Å². The minimum Gasteiger partial charge on any atom is -0.300 e. The first-order chi connectivity index (χ1) is 39.5. The van der Waals surface area contributed by atoms with Crippen LogP contribution in [0.4, 0.5) is 0 Å². The average Bonchev–Trinajstić information content (AvgIpc) is 3.29. The molecule has 6 unspecified atom stereocenters. The monoisotopic (exact) mass is 901 g/mol. The molecule has 0 aromatic rings. The van der Waals surface area contributed by atoms with Gasteiger partial charge in [0.05, 0.1) is 0 Å². The van der Waals surface area contributed by atoms with Crippen molar-refractivity contribution in [2.45, 2.75) is 285 Å². The van der Waals surface area contributed by atoms with Crippen LogP contribution in [0.25, 0.3) is 0 Å². The van der Waals surface area contributed by atoms with Gasteiger partial charge in [0.25, 0.3) is 0 Å². The molecule has 0 aliphatic carbocycles. The Morgan fingerprint density at radius 3 is 0.689 bits per heavy atom. The highest BCUT2D eigenvalue weighted by atomic mass is 16.1. The van der Waals surface area contributed by atoms with E-state index in [1.165, 1.54) is 41.5 Å². The Bertz CT molecular complexity index is 2170. The zero-order valence-corrected chi connectivity index (χ0v) is 40.7. The molecule has 6 atom stereocenters. The molecule has 0 heterocycles. The van der Waals surface area contributed by atoms with Gasteiger partial charge in [-0.25, -0.2) is 0 Å². The second-order valence-corrected chi connectivity index (χ2v) is 12.7. The van der Waals surface area contributed by atoms with E-state index in [1.807, 2.05) is 13.8 Å². The Balaban J connectivity index is -0.000000191. The maximum absolute atomic E-state index is 11.5. The molecule has 6 heteroatoms. The number of hydrogen-bond donors (Lipinski definition) is 0. The van der Waals surface area contributed by atoms with Crippen molar-refractivity contribution in [3.63, 3.8) is 0 Å². The van der Waals surface area contributed by atoms with Crippen molar-refractivity contribution in [2.24, 2.45) is 35.4 Å². The third-order valence-electron chi connectivity index (χ3n) is 7.17. The molecule has 6 nitrogen and oxygen atoms in total. The molecule has 0 aliphatic rings.